The molecule has 0 amide bonds. The van der Waals surface area contributed by atoms with E-state index in [0.29, 0.717) is 22.8 Å². The maximum atomic E-state index is 13.2. The van der Waals surface area contributed by atoms with Crippen LogP contribution in [0.3, 0.4) is 0 Å². The van der Waals surface area contributed by atoms with Crippen molar-refractivity contribution in [1.82, 2.24) is 4.98 Å². The van der Waals surface area contributed by atoms with E-state index in [1.165, 1.54) is 36.5 Å². The molecule has 24 heavy (non-hydrogen) atoms. The fourth-order valence-electron chi connectivity index (χ4n) is 2.13. The van der Waals surface area contributed by atoms with Gasteiger partial charge in [0.15, 0.2) is 23.3 Å². The summed E-state index contributed by atoms with van der Waals surface area (Å²) in [6.45, 7) is 0. The lowest BCUT2D eigenvalue weighted by atomic mass is 10.1. The molecule has 0 saturated heterocycles. The van der Waals surface area contributed by atoms with E-state index in [1.54, 1.807) is 0 Å². The summed E-state index contributed by atoms with van der Waals surface area (Å²) in [6, 6.07) is 9.36. The van der Waals surface area contributed by atoms with Crippen LogP contribution in [0.2, 0.25) is 0 Å². The van der Waals surface area contributed by atoms with Crippen molar-refractivity contribution < 1.29 is 21.6 Å². The Labute approximate surface area is 141 Å². The smallest absolute Gasteiger partial charge is 0.261 e. The Morgan fingerprint density at radius 2 is 1.75 bits per heavy atom. The van der Waals surface area contributed by atoms with E-state index in [4.69, 9.17) is 15.1 Å². The largest absolute Gasteiger partial charge is 0.440 e. The SMILES string of the molecule is O=S(=O)(Cl)c1ccc(-c2cnc(Cc3ccc(F)c(F)c3)o2)cc1. The molecule has 0 fully saturated rings. The molecule has 0 aliphatic carbocycles. The fourth-order valence-corrected chi connectivity index (χ4v) is 2.90. The van der Waals surface area contributed by atoms with Gasteiger partial charge in [0.1, 0.15) is 0 Å². The number of halogens is 3. The average Bonchev–Trinajstić information content (AvgIpc) is 2.99. The predicted molar refractivity (Wildman–Crippen MR) is 84.1 cm³/mol. The van der Waals surface area contributed by atoms with Gasteiger partial charge >= 0.3 is 0 Å². The first kappa shape index (κ1) is 16.6. The van der Waals surface area contributed by atoms with Gasteiger partial charge in [-0.05, 0) is 42.0 Å². The molecule has 0 bridgehead atoms. The van der Waals surface area contributed by atoms with Gasteiger partial charge in [0.2, 0.25) is 0 Å². The number of benzene rings is 2. The lowest BCUT2D eigenvalue weighted by molar-refractivity contribution is 0.502. The molecule has 0 aliphatic heterocycles. The molecule has 0 radical (unpaired) electrons. The minimum absolute atomic E-state index is 0.0190. The minimum atomic E-state index is -3.79. The molecule has 0 saturated carbocycles. The van der Waals surface area contributed by atoms with Crippen LogP contribution in [0.1, 0.15) is 11.5 Å². The Hall–Kier alpha value is -2.25. The molecule has 4 nitrogen and oxygen atoms in total. The van der Waals surface area contributed by atoms with Crippen LogP contribution < -0.4 is 0 Å². The van der Waals surface area contributed by atoms with Crippen LogP contribution in [0.5, 0.6) is 0 Å². The quantitative estimate of drug-likeness (QED) is 0.648. The van der Waals surface area contributed by atoms with Gasteiger partial charge in [0.25, 0.3) is 9.05 Å². The zero-order chi connectivity index (χ0) is 17.3. The lowest BCUT2D eigenvalue weighted by Crippen LogP contribution is -1.91. The van der Waals surface area contributed by atoms with E-state index >= 15 is 0 Å². The van der Waals surface area contributed by atoms with Crippen LogP contribution in [0.25, 0.3) is 11.3 Å². The summed E-state index contributed by atoms with van der Waals surface area (Å²) in [5.41, 5.74) is 1.13. The maximum Gasteiger partial charge on any atom is 0.261 e. The molecule has 0 spiro atoms. The molecular weight excluding hydrogens is 360 g/mol. The molecule has 2 aromatic carbocycles. The first-order chi connectivity index (χ1) is 11.3. The zero-order valence-corrected chi connectivity index (χ0v) is 13.6. The van der Waals surface area contributed by atoms with Gasteiger partial charge in [-0.2, -0.15) is 0 Å². The minimum Gasteiger partial charge on any atom is -0.440 e. The summed E-state index contributed by atoms with van der Waals surface area (Å²) in [5, 5.41) is 0. The first-order valence-corrected chi connectivity index (χ1v) is 9.07. The Bertz CT molecular complexity index is 985. The average molecular weight is 370 g/mol. The van der Waals surface area contributed by atoms with Crippen LogP contribution in [-0.4, -0.2) is 13.4 Å². The third-order valence-corrected chi connectivity index (χ3v) is 4.68. The predicted octanol–water partition coefficient (Wildman–Crippen LogP) is 4.14. The summed E-state index contributed by atoms with van der Waals surface area (Å²) >= 11 is 0. The highest BCUT2D eigenvalue weighted by Crippen LogP contribution is 2.24. The van der Waals surface area contributed by atoms with Crippen molar-refractivity contribution in [2.75, 3.05) is 0 Å². The number of nitrogens with zero attached hydrogens (tertiary/aromatic N) is 1. The molecule has 1 aromatic heterocycles. The van der Waals surface area contributed by atoms with Crippen LogP contribution in [0, 0.1) is 11.6 Å². The summed E-state index contributed by atoms with van der Waals surface area (Å²) in [5.74, 6) is -1.10. The Morgan fingerprint density at radius 1 is 1.04 bits per heavy atom. The van der Waals surface area contributed by atoms with Gasteiger partial charge in [-0.1, -0.05) is 6.07 Å². The number of hydrogen-bond acceptors (Lipinski definition) is 4. The molecule has 124 valence electrons. The highest BCUT2D eigenvalue weighted by Gasteiger charge is 2.12. The van der Waals surface area contributed by atoms with E-state index < -0.39 is 20.7 Å². The maximum absolute atomic E-state index is 13.2. The Morgan fingerprint density at radius 3 is 2.38 bits per heavy atom. The van der Waals surface area contributed by atoms with Gasteiger partial charge in [-0.3, -0.25) is 0 Å². The van der Waals surface area contributed by atoms with Gasteiger partial charge in [0, 0.05) is 22.7 Å². The normalized spacial score (nSPS) is 11.6. The van der Waals surface area contributed by atoms with Crippen molar-refractivity contribution in [1.29, 1.82) is 0 Å². The summed E-state index contributed by atoms with van der Waals surface area (Å²) in [6.07, 6.45) is 1.67. The Balaban J connectivity index is 1.81. The van der Waals surface area contributed by atoms with Crippen molar-refractivity contribution in [3.05, 3.63) is 71.8 Å². The molecule has 1 heterocycles. The second-order valence-corrected chi connectivity index (χ2v) is 7.57. The van der Waals surface area contributed by atoms with Crippen molar-refractivity contribution in [3.8, 4) is 11.3 Å². The lowest BCUT2D eigenvalue weighted by Gasteiger charge is -2.00. The second kappa shape index (κ2) is 6.33. The summed E-state index contributed by atoms with van der Waals surface area (Å²) in [7, 11) is 1.47. The van der Waals surface area contributed by atoms with Crippen molar-refractivity contribution in [2.45, 2.75) is 11.3 Å². The number of rotatable bonds is 4. The molecule has 3 rings (SSSR count). The van der Waals surface area contributed by atoms with Gasteiger partial charge in [0.05, 0.1) is 11.1 Å². The summed E-state index contributed by atoms with van der Waals surface area (Å²) < 4.78 is 54.1. The van der Waals surface area contributed by atoms with E-state index in [0.717, 1.165) is 12.1 Å². The molecule has 0 aliphatic rings. The molecule has 0 N–H and O–H groups in total. The zero-order valence-electron chi connectivity index (χ0n) is 12.0. The highest BCUT2D eigenvalue weighted by atomic mass is 35.7. The topological polar surface area (TPSA) is 60.2 Å². The van der Waals surface area contributed by atoms with Crippen LogP contribution >= 0.6 is 10.7 Å². The molecule has 3 aromatic rings. The number of aromatic nitrogens is 1. The Kier molecular flexibility index (Phi) is 4.38. The second-order valence-electron chi connectivity index (χ2n) is 5.01. The number of oxazole rings is 1. The van der Waals surface area contributed by atoms with Gasteiger partial charge < -0.3 is 4.42 Å². The molecule has 0 atom stereocenters. The molecule has 8 heteroatoms. The third kappa shape index (κ3) is 3.63. The van der Waals surface area contributed by atoms with Crippen LogP contribution in [0.15, 0.2) is 58.0 Å². The van der Waals surface area contributed by atoms with Gasteiger partial charge in [-0.25, -0.2) is 22.2 Å². The van der Waals surface area contributed by atoms with Gasteiger partial charge in [-0.15, -0.1) is 0 Å². The monoisotopic (exact) mass is 369 g/mol. The van der Waals surface area contributed by atoms with E-state index in [2.05, 4.69) is 4.98 Å². The highest BCUT2D eigenvalue weighted by molar-refractivity contribution is 8.13. The number of hydrogen-bond donors (Lipinski definition) is 0. The van der Waals surface area contributed by atoms with E-state index in [9.17, 15) is 17.2 Å². The van der Waals surface area contributed by atoms with Crippen molar-refractivity contribution in [2.24, 2.45) is 0 Å². The standard InChI is InChI=1S/C16H10ClF2NO3S/c17-24(21,22)12-4-2-11(3-5-12)15-9-20-16(23-15)8-10-1-6-13(18)14(19)7-10/h1-7,9H,8H2. The van der Waals surface area contributed by atoms with Crippen molar-refractivity contribution >= 4 is 19.7 Å². The van der Waals surface area contributed by atoms with E-state index in [-0.39, 0.29) is 11.3 Å². The van der Waals surface area contributed by atoms with E-state index in [1.807, 2.05) is 0 Å². The third-order valence-electron chi connectivity index (χ3n) is 3.31. The molecular formula is C16H10ClF2NO3S. The fraction of sp³-hybridized carbons (Fsp3) is 0.0625. The molecule has 0 unspecified atom stereocenters. The van der Waals surface area contributed by atoms with Crippen molar-refractivity contribution in [3.63, 3.8) is 0 Å². The van der Waals surface area contributed by atoms with Crippen LogP contribution in [-0.2, 0) is 15.5 Å². The van der Waals surface area contributed by atoms with Crippen LogP contribution in [0.4, 0.5) is 8.78 Å². The summed E-state index contributed by atoms with van der Waals surface area (Å²) in [4.78, 5) is 4.06. The first-order valence-electron chi connectivity index (χ1n) is 6.76.